The number of hydrogen-bond acceptors (Lipinski definition) is 2. The van der Waals surface area contributed by atoms with E-state index in [1.165, 1.54) is 0 Å². The van der Waals surface area contributed by atoms with Gasteiger partial charge in [0.1, 0.15) is 12.4 Å². The largest absolute Gasteiger partial charge is 0.490 e. The molecule has 0 unspecified atom stereocenters. The second-order valence-corrected chi connectivity index (χ2v) is 5.14. The maximum atomic E-state index is 11.4. The molecule has 18 heavy (non-hydrogen) atoms. The van der Waals surface area contributed by atoms with E-state index in [1.807, 2.05) is 39.0 Å². The Balaban J connectivity index is 2.29. The van der Waals surface area contributed by atoms with Gasteiger partial charge < -0.3 is 10.1 Å². The summed E-state index contributed by atoms with van der Waals surface area (Å²) in [7, 11) is 0. The van der Waals surface area contributed by atoms with Crippen LogP contribution in [-0.4, -0.2) is 19.1 Å². The van der Waals surface area contributed by atoms with Gasteiger partial charge in [0, 0.05) is 6.42 Å². The van der Waals surface area contributed by atoms with Crippen LogP contribution in [0.2, 0.25) is 5.02 Å². The minimum absolute atomic E-state index is 0.0592. The number of carbonyl (C=O) groups excluding carboxylic acids is 1. The van der Waals surface area contributed by atoms with Crippen LogP contribution in [-0.2, 0) is 4.79 Å². The Hall–Kier alpha value is -1.22. The topological polar surface area (TPSA) is 38.3 Å². The summed E-state index contributed by atoms with van der Waals surface area (Å²) in [5.74, 6) is 1.09. The number of benzene rings is 1. The normalized spacial score (nSPS) is 10.5. The lowest BCUT2D eigenvalue weighted by atomic mass is 10.1. The van der Waals surface area contributed by atoms with Crippen LogP contribution < -0.4 is 10.1 Å². The van der Waals surface area contributed by atoms with Crippen molar-refractivity contribution in [2.45, 2.75) is 27.2 Å². The first-order valence-electron chi connectivity index (χ1n) is 6.14. The number of hydrogen-bond donors (Lipinski definition) is 1. The van der Waals surface area contributed by atoms with Gasteiger partial charge in [0.05, 0.1) is 11.6 Å². The van der Waals surface area contributed by atoms with Crippen LogP contribution in [0.1, 0.15) is 25.8 Å². The molecule has 0 atom stereocenters. The summed E-state index contributed by atoms with van der Waals surface area (Å²) < 4.78 is 5.53. The molecule has 0 spiro atoms. The summed E-state index contributed by atoms with van der Waals surface area (Å²) in [6.07, 6.45) is 0.547. The Kier molecular flexibility index (Phi) is 5.99. The Morgan fingerprint density at radius 3 is 2.83 bits per heavy atom. The molecule has 0 saturated heterocycles. The van der Waals surface area contributed by atoms with Crippen molar-refractivity contribution in [2.75, 3.05) is 13.2 Å². The molecule has 0 fully saturated rings. The molecule has 0 aromatic heterocycles. The maximum Gasteiger partial charge on any atom is 0.220 e. The minimum atomic E-state index is 0.0592. The fraction of sp³-hybridized carbons (Fsp3) is 0.500. The third kappa shape index (κ3) is 5.41. The van der Waals surface area contributed by atoms with Crippen LogP contribution in [0.25, 0.3) is 0 Å². The van der Waals surface area contributed by atoms with E-state index in [-0.39, 0.29) is 5.91 Å². The van der Waals surface area contributed by atoms with Crippen molar-refractivity contribution >= 4 is 17.5 Å². The molecule has 1 amide bonds. The maximum absolute atomic E-state index is 11.4. The molecule has 0 heterocycles. The molecule has 0 aliphatic rings. The number of nitrogens with one attached hydrogen (secondary N) is 1. The van der Waals surface area contributed by atoms with E-state index in [0.717, 1.165) is 5.56 Å². The van der Waals surface area contributed by atoms with Gasteiger partial charge in [-0.2, -0.15) is 0 Å². The van der Waals surface area contributed by atoms with Crippen LogP contribution in [0.4, 0.5) is 0 Å². The third-order valence-electron chi connectivity index (χ3n) is 2.36. The zero-order valence-corrected chi connectivity index (χ0v) is 11.9. The summed E-state index contributed by atoms with van der Waals surface area (Å²) in [6, 6.07) is 5.63. The van der Waals surface area contributed by atoms with Crippen LogP contribution in [0, 0.1) is 12.8 Å². The highest BCUT2D eigenvalue weighted by atomic mass is 35.5. The van der Waals surface area contributed by atoms with E-state index >= 15 is 0 Å². The highest BCUT2D eigenvalue weighted by molar-refractivity contribution is 6.32. The van der Waals surface area contributed by atoms with Crippen molar-refractivity contribution in [3.8, 4) is 5.75 Å². The first kappa shape index (κ1) is 14.8. The molecule has 0 bridgehead atoms. The van der Waals surface area contributed by atoms with Gasteiger partial charge in [0.2, 0.25) is 5.91 Å². The lowest BCUT2D eigenvalue weighted by molar-refractivity contribution is -0.121. The van der Waals surface area contributed by atoms with Crippen LogP contribution in [0.3, 0.4) is 0 Å². The van der Waals surface area contributed by atoms with Crippen LogP contribution >= 0.6 is 11.6 Å². The molecule has 1 aromatic carbocycles. The van der Waals surface area contributed by atoms with E-state index in [2.05, 4.69) is 5.32 Å². The molecule has 0 aliphatic heterocycles. The predicted octanol–water partition coefficient (Wildman–Crippen LogP) is 3.19. The lowest BCUT2D eigenvalue weighted by Gasteiger charge is -2.10. The van der Waals surface area contributed by atoms with E-state index in [0.29, 0.717) is 36.3 Å². The number of carbonyl (C=O) groups is 1. The number of amides is 1. The van der Waals surface area contributed by atoms with Crippen molar-refractivity contribution in [3.05, 3.63) is 28.8 Å². The average Bonchev–Trinajstić information content (AvgIpc) is 2.28. The number of aryl methyl sites for hydroxylation is 1. The van der Waals surface area contributed by atoms with E-state index < -0.39 is 0 Å². The zero-order valence-electron chi connectivity index (χ0n) is 11.1. The quantitative estimate of drug-likeness (QED) is 0.806. The number of halogens is 1. The summed E-state index contributed by atoms with van der Waals surface area (Å²) in [5.41, 5.74) is 1.10. The van der Waals surface area contributed by atoms with Gasteiger partial charge in [0.25, 0.3) is 0 Å². The molecule has 0 aliphatic carbocycles. The molecule has 100 valence electrons. The Morgan fingerprint density at radius 1 is 1.44 bits per heavy atom. The summed E-state index contributed by atoms with van der Waals surface area (Å²) in [4.78, 5) is 11.4. The first-order chi connectivity index (χ1) is 8.49. The van der Waals surface area contributed by atoms with E-state index in [4.69, 9.17) is 16.3 Å². The smallest absolute Gasteiger partial charge is 0.220 e. The number of rotatable bonds is 6. The van der Waals surface area contributed by atoms with Gasteiger partial charge in [-0.25, -0.2) is 0 Å². The molecular weight excluding hydrogens is 250 g/mol. The average molecular weight is 270 g/mol. The van der Waals surface area contributed by atoms with Gasteiger partial charge in [-0.3, -0.25) is 4.79 Å². The summed E-state index contributed by atoms with van der Waals surface area (Å²) in [5, 5.41) is 3.40. The van der Waals surface area contributed by atoms with Gasteiger partial charge in [-0.05, 0) is 30.5 Å². The first-order valence-corrected chi connectivity index (χ1v) is 6.52. The Labute approximate surface area is 113 Å². The van der Waals surface area contributed by atoms with Crippen molar-refractivity contribution in [3.63, 3.8) is 0 Å². The van der Waals surface area contributed by atoms with Crippen molar-refractivity contribution in [2.24, 2.45) is 5.92 Å². The third-order valence-corrected chi connectivity index (χ3v) is 2.67. The van der Waals surface area contributed by atoms with Gasteiger partial charge in [-0.15, -0.1) is 0 Å². The molecular formula is C14H20ClNO2. The van der Waals surface area contributed by atoms with E-state index in [1.54, 1.807) is 0 Å². The second-order valence-electron chi connectivity index (χ2n) is 4.73. The predicted molar refractivity (Wildman–Crippen MR) is 74.1 cm³/mol. The molecule has 4 heteroatoms. The standard InChI is InChI=1S/C14H20ClNO2/c1-10(2)8-14(17)16-6-7-18-13-9-11(3)4-5-12(13)15/h4-5,9-10H,6-8H2,1-3H3,(H,16,17). The summed E-state index contributed by atoms with van der Waals surface area (Å²) >= 11 is 5.99. The highest BCUT2D eigenvalue weighted by Crippen LogP contribution is 2.24. The molecule has 1 N–H and O–H groups in total. The SMILES string of the molecule is Cc1ccc(Cl)c(OCCNC(=O)CC(C)C)c1. The fourth-order valence-corrected chi connectivity index (χ4v) is 1.69. The second kappa shape index (κ2) is 7.27. The van der Waals surface area contributed by atoms with Crippen LogP contribution in [0.15, 0.2) is 18.2 Å². The fourth-order valence-electron chi connectivity index (χ4n) is 1.52. The van der Waals surface area contributed by atoms with E-state index in [9.17, 15) is 4.79 Å². The van der Waals surface area contributed by atoms with Gasteiger partial charge in [-0.1, -0.05) is 31.5 Å². The molecule has 3 nitrogen and oxygen atoms in total. The molecule has 0 saturated carbocycles. The van der Waals surface area contributed by atoms with Crippen LogP contribution in [0.5, 0.6) is 5.75 Å². The van der Waals surface area contributed by atoms with Gasteiger partial charge >= 0.3 is 0 Å². The monoisotopic (exact) mass is 269 g/mol. The summed E-state index contributed by atoms with van der Waals surface area (Å²) in [6.45, 7) is 6.93. The Bertz CT molecular complexity index is 405. The van der Waals surface area contributed by atoms with Gasteiger partial charge in [0.15, 0.2) is 0 Å². The molecule has 1 aromatic rings. The van der Waals surface area contributed by atoms with Crippen molar-refractivity contribution in [1.29, 1.82) is 0 Å². The minimum Gasteiger partial charge on any atom is -0.490 e. The Morgan fingerprint density at radius 2 is 2.17 bits per heavy atom. The molecule has 1 rings (SSSR count). The van der Waals surface area contributed by atoms with Crippen molar-refractivity contribution < 1.29 is 9.53 Å². The molecule has 0 radical (unpaired) electrons. The number of ether oxygens (including phenoxy) is 1. The zero-order chi connectivity index (χ0) is 13.5. The highest BCUT2D eigenvalue weighted by Gasteiger charge is 2.05. The lowest BCUT2D eigenvalue weighted by Crippen LogP contribution is -2.28. The van der Waals surface area contributed by atoms with Crippen molar-refractivity contribution in [1.82, 2.24) is 5.32 Å².